The number of ether oxygens (including phenoxy) is 1. The summed E-state index contributed by atoms with van der Waals surface area (Å²) in [5.74, 6) is 0.452. The van der Waals surface area contributed by atoms with Gasteiger partial charge in [-0.25, -0.2) is 0 Å². The summed E-state index contributed by atoms with van der Waals surface area (Å²) in [7, 11) is 0. The van der Waals surface area contributed by atoms with E-state index in [0.29, 0.717) is 34.6 Å². The lowest BCUT2D eigenvalue weighted by molar-refractivity contribution is -0.110. The van der Waals surface area contributed by atoms with Gasteiger partial charge in [0, 0.05) is 39.8 Å². The third-order valence-electron chi connectivity index (χ3n) is 7.14. The number of rotatable bonds is 10. The molecule has 2 aliphatic heterocycles. The molecule has 2 amide bonds. The molecule has 1 saturated heterocycles. The molecule has 3 aromatic carbocycles. The van der Waals surface area contributed by atoms with Crippen molar-refractivity contribution in [2.75, 3.05) is 30.3 Å². The Kier molecular flexibility index (Phi) is 8.03. The average molecular weight is 525 g/mol. The molecule has 5 N–H and O–H groups in total. The van der Waals surface area contributed by atoms with Crippen LogP contribution in [0.25, 0.3) is 5.57 Å². The summed E-state index contributed by atoms with van der Waals surface area (Å²) < 4.78 is 5.90. The number of piperidine rings is 1. The van der Waals surface area contributed by atoms with Crippen LogP contribution in [0.1, 0.15) is 57.5 Å². The molecule has 2 heterocycles. The summed E-state index contributed by atoms with van der Waals surface area (Å²) in [5, 5.41) is 9.46. The van der Waals surface area contributed by atoms with E-state index in [1.54, 1.807) is 42.6 Å². The maximum Gasteiger partial charge on any atom is 0.257 e. The fourth-order valence-electron chi connectivity index (χ4n) is 4.99. The van der Waals surface area contributed by atoms with Crippen LogP contribution in [0, 0.1) is 5.92 Å². The molecule has 3 aromatic rings. The molecule has 2 aliphatic rings. The molecule has 0 saturated carbocycles. The minimum atomic E-state index is -0.599. The van der Waals surface area contributed by atoms with E-state index in [1.165, 1.54) is 25.3 Å². The van der Waals surface area contributed by atoms with Crippen molar-refractivity contribution >= 4 is 34.5 Å². The first-order valence-corrected chi connectivity index (χ1v) is 13.3. The van der Waals surface area contributed by atoms with E-state index in [1.807, 2.05) is 24.3 Å². The Balaban J connectivity index is 1.19. The van der Waals surface area contributed by atoms with Crippen LogP contribution in [0.4, 0.5) is 11.4 Å². The topological polar surface area (TPSA) is 123 Å². The fraction of sp³-hybridized carbons (Fsp3) is 0.258. The number of amides is 2. The van der Waals surface area contributed by atoms with Gasteiger partial charge >= 0.3 is 0 Å². The highest BCUT2D eigenvalue weighted by Gasteiger charge is 2.25. The van der Waals surface area contributed by atoms with Crippen LogP contribution in [0.5, 0.6) is 5.75 Å². The zero-order valence-electron chi connectivity index (χ0n) is 21.7. The second-order valence-corrected chi connectivity index (χ2v) is 9.92. The number of nitrogens with one attached hydrogen (secondary N) is 3. The highest BCUT2D eigenvalue weighted by molar-refractivity contribution is 6.32. The van der Waals surface area contributed by atoms with Gasteiger partial charge in [0.1, 0.15) is 5.75 Å². The minimum absolute atomic E-state index is 0.258. The average Bonchev–Trinajstić information content (AvgIpc) is 3.29. The third-order valence-corrected chi connectivity index (χ3v) is 7.14. The van der Waals surface area contributed by atoms with Gasteiger partial charge in [0.05, 0.1) is 12.2 Å². The number of nitrogens with two attached hydrogens (primary N) is 1. The van der Waals surface area contributed by atoms with Crippen LogP contribution in [0.2, 0.25) is 0 Å². The maximum absolute atomic E-state index is 13.0. The number of anilines is 2. The van der Waals surface area contributed by atoms with Gasteiger partial charge in [-0.15, -0.1) is 0 Å². The first-order chi connectivity index (χ1) is 19.0. The highest BCUT2D eigenvalue weighted by atomic mass is 16.5. The van der Waals surface area contributed by atoms with Gasteiger partial charge in [0.15, 0.2) is 5.78 Å². The van der Waals surface area contributed by atoms with Crippen molar-refractivity contribution in [2.45, 2.75) is 25.7 Å². The zero-order chi connectivity index (χ0) is 27.2. The fourth-order valence-corrected chi connectivity index (χ4v) is 4.99. The van der Waals surface area contributed by atoms with Crippen molar-refractivity contribution in [3.63, 3.8) is 0 Å². The van der Waals surface area contributed by atoms with Crippen LogP contribution >= 0.6 is 0 Å². The molecular weight excluding hydrogens is 492 g/mol. The molecule has 200 valence electrons. The first-order valence-electron chi connectivity index (χ1n) is 13.3. The van der Waals surface area contributed by atoms with Gasteiger partial charge in [-0.1, -0.05) is 24.3 Å². The van der Waals surface area contributed by atoms with Gasteiger partial charge in [-0.05, 0) is 87.2 Å². The number of carbonyl (C=O) groups excluding carboxylic acids is 3. The van der Waals surface area contributed by atoms with Gasteiger partial charge in [-0.2, -0.15) is 0 Å². The predicted molar refractivity (Wildman–Crippen MR) is 152 cm³/mol. The van der Waals surface area contributed by atoms with E-state index in [-0.39, 0.29) is 17.3 Å². The molecule has 1 unspecified atom stereocenters. The molecule has 0 aromatic heterocycles. The van der Waals surface area contributed by atoms with Crippen molar-refractivity contribution in [1.29, 1.82) is 0 Å². The Bertz CT molecular complexity index is 1410. The molecule has 8 heteroatoms. The van der Waals surface area contributed by atoms with E-state index >= 15 is 0 Å². The number of benzene rings is 3. The summed E-state index contributed by atoms with van der Waals surface area (Å²) in [4.78, 5) is 37.1. The Morgan fingerprint density at radius 3 is 2.59 bits per heavy atom. The number of primary amides is 1. The van der Waals surface area contributed by atoms with Crippen molar-refractivity contribution in [3.05, 3.63) is 95.2 Å². The number of hydrogen-bond donors (Lipinski definition) is 4. The van der Waals surface area contributed by atoms with Gasteiger partial charge < -0.3 is 26.4 Å². The summed E-state index contributed by atoms with van der Waals surface area (Å²) in [6.07, 6.45) is 6.45. The first kappa shape index (κ1) is 26.2. The quantitative estimate of drug-likeness (QED) is 0.175. The van der Waals surface area contributed by atoms with Crippen LogP contribution in [0.15, 0.2) is 72.9 Å². The second kappa shape index (κ2) is 12.0. The monoisotopic (exact) mass is 524 g/mol. The smallest absolute Gasteiger partial charge is 0.257 e. The van der Waals surface area contributed by atoms with Gasteiger partial charge in [0.2, 0.25) is 5.91 Å². The Morgan fingerprint density at radius 2 is 1.82 bits per heavy atom. The molecule has 8 nitrogen and oxygen atoms in total. The van der Waals surface area contributed by atoms with Crippen molar-refractivity contribution in [1.82, 2.24) is 5.32 Å². The van der Waals surface area contributed by atoms with E-state index in [9.17, 15) is 14.4 Å². The van der Waals surface area contributed by atoms with Crippen LogP contribution in [0.3, 0.4) is 0 Å². The number of ketones is 1. The summed E-state index contributed by atoms with van der Waals surface area (Å²) in [6, 6.07) is 19.0. The Morgan fingerprint density at radius 1 is 1.03 bits per heavy atom. The van der Waals surface area contributed by atoms with E-state index in [4.69, 9.17) is 10.5 Å². The molecule has 1 fully saturated rings. The summed E-state index contributed by atoms with van der Waals surface area (Å²) in [6.45, 7) is 2.95. The number of fused-ring (bicyclic) bond motifs is 1. The largest absolute Gasteiger partial charge is 0.494 e. The molecule has 5 rings (SSSR count). The van der Waals surface area contributed by atoms with Crippen molar-refractivity contribution in [3.8, 4) is 5.75 Å². The highest BCUT2D eigenvalue weighted by Crippen LogP contribution is 2.33. The molecular formula is C31H32N4O4. The van der Waals surface area contributed by atoms with E-state index < -0.39 is 5.91 Å². The molecule has 0 aliphatic carbocycles. The third kappa shape index (κ3) is 6.35. The van der Waals surface area contributed by atoms with Crippen molar-refractivity contribution in [2.24, 2.45) is 11.7 Å². The van der Waals surface area contributed by atoms with Crippen molar-refractivity contribution < 1.29 is 19.1 Å². The second-order valence-electron chi connectivity index (χ2n) is 9.92. The number of hydrogen-bond acceptors (Lipinski definition) is 6. The number of carbonyl (C=O) groups is 3. The minimum Gasteiger partial charge on any atom is -0.494 e. The van der Waals surface area contributed by atoms with Crippen LogP contribution < -0.4 is 26.4 Å². The van der Waals surface area contributed by atoms with Crippen LogP contribution in [-0.2, 0) is 4.79 Å². The predicted octanol–water partition coefficient (Wildman–Crippen LogP) is 4.58. The Hall–Kier alpha value is -4.43. The standard InChI is InChI=1S/C31H32N4O4/c32-30(37)23-7-1-6-21(16-23)29(36)22-8-13-26-27(31(38)35-28(26)17-22)19-34-24-9-11-25(12-10-24)39-15-3-5-20-4-2-14-33-18-20/h1,6-13,16-17,19-20,33-34H,2-5,14-15,18H2,(H2,32,37)(H,35,38). The summed E-state index contributed by atoms with van der Waals surface area (Å²) >= 11 is 0. The van der Waals surface area contributed by atoms with Gasteiger partial charge in [-0.3, -0.25) is 14.4 Å². The SMILES string of the molecule is NC(=O)c1cccc(C(=O)c2ccc3c(c2)NC(=O)C3=CNc2ccc(OCCCC3CCCNC3)cc2)c1. The molecule has 0 radical (unpaired) electrons. The normalized spacial score (nSPS) is 17.4. The molecule has 0 bridgehead atoms. The van der Waals surface area contributed by atoms with E-state index in [2.05, 4.69) is 16.0 Å². The molecule has 1 atom stereocenters. The zero-order valence-corrected chi connectivity index (χ0v) is 21.7. The molecule has 39 heavy (non-hydrogen) atoms. The lowest BCUT2D eigenvalue weighted by Crippen LogP contribution is -2.29. The summed E-state index contributed by atoms with van der Waals surface area (Å²) in [5.41, 5.74) is 8.89. The van der Waals surface area contributed by atoms with Crippen LogP contribution in [-0.4, -0.2) is 37.3 Å². The van der Waals surface area contributed by atoms with E-state index in [0.717, 1.165) is 36.9 Å². The lowest BCUT2D eigenvalue weighted by Gasteiger charge is -2.22. The van der Waals surface area contributed by atoms with Gasteiger partial charge in [0.25, 0.3) is 5.91 Å². The molecule has 0 spiro atoms. The maximum atomic E-state index is 13.0. The Labute approximate surface area is 227 Å². The lowest BCUT2D eigenvalue weighted by atomic mass is 9.95.